The average molecular weight is 256 g/mol. The van der Waals surface area contributed by atoms with Gasteiger partial charge in [-0.15, -0.1) is 3.89 Å². The van der Waals surface area contributed by atoms with Gasteiger partial charge in [-0.05, 0) is 18.1 Å². The van der Waals surface area contributed by atoms with E-state index in [1.807, 2.05) is 0 Å². The van der Waals surface area contributed by atoms with Crippen molar-refractivity contribution in [3.8, 4) is 5.82 Å². The summed E-state index contributed by atoms with van der Waals surface area (Å²) >= 11 is 0. The summed E-state index contributed by atoms with van der Waals surface area (Å²) in [6.07, 6.45) is 4.46. The van der Waals surface area contributed by atoms with E-state index in [-0.39, 0.29) is 6.42 Å². The molecule has 0 radical (unpaired) electrons. The van der Waals surface area contributed by atoms with Crippen molar-refractivity contribution in [2.45, 2.75) is 6.42 Å². The molecule has 2 aromatic heterocycles. The zero-order valence-corrected chi connectivity index (χ0v) is 9.51. The molecule has 0 aliphatic heterocycles. The van der Waals surface area contributed by atoms with Crippen molar-refractivity contribution in [1.82, 2.24) is 19.7 Å². The van der Waals surface area contributed by atoms with Gasteiger partial charge < -0.3 is 0 Å². The molecule has 0 aliphatic rings. The lowest BCUT2D eigenvalue weighted by molar-refractivity contribution is 0.551. The molecule has 0 fully saturated rings. The van der Waals surface area contributed by atoms with Crippen molar-refractivity contribution in [2.75, 3.05) is 5.75 Å². The zero-order chi connectivity index (χ0) is 12.3. The van der Waals surface area contributed by atoms with E-state index in [2.05, 4.69) is 15.1 Å². The molecule has 0 spiro atoms. The van der Waals surface area contributed by atoms with Gasteiger partial charge in [0.25, 0.3) is 0 Å². The van der Waals surface area contributed by atoms with Crippen LogP contribution in [-0.4, -0.2) is 33.9 Å². The maximum atomic E-state index is 12.3. The fourth-order valence-corrected chi connectivity index (χ4v) is 1.75. The van der Waals surface area contributed by atoms with Crippen LogP contribution in [0.25, 0.3) is 5.82 Å². The quantitative estimate of drug-likeness (QED) is 0.744. The Morgan fingerprint density at radius 1 is 1.35 bits per heavy atom. The summed E-state index contributed by atoms with van der Waals surface area (Å²) in [5, 5.41) is 3.89. The lowest BCUT2D eigenvalue weighted by Gasteiger charge is -2.01. The molecule has 8 heteroatoms. The summed E-state index contributed by atoms with van der Waals surface area (Å²) in [4.78, 5) is 7.84. The van der Waals surface area contributed by atoms with Gasteiger partial charge in [-0.3, -0.25) is 0 Å². The first-order chi connectivity index (χ1) is 8.04. The van der Waals surface area contributed by atoms with Crippen LogP contribution in [0.15, 0.2) is 31.0 Å². The second-order valence-corrected chi connectivity index (χ2v) is 4.84. The van der Waals surface area contributed by atoms with E-state index in [1.165, 1.54) is 23.5 Å². The summed E-state index contributed by atoms with van der Waals surface area (Å²) in [6, 6.07) is 3.34. The Labute approximate surface area is 97.4 Å². The van der Waals surface area contributed by atoms with Crippen molar-refractivity contribution in [1.29, 1.82) is 0 Å². The van der Waals surface area contributed by atoms with E-state index >= 15 is 0 Å². The fourth-order valence-electron chi connectivity index (χ4n) is 1.27. The Bertz CT molecular complexity index is 580. The molecular weight excluding hydrogens is 247 g/mol. The molecule has 0 saturated heterocycles. The number of aryl methyl sites for hydroxylation is 1. The smallest absolute Gasteiger partial charge is 0.237 e. The minimum Gasteiger partial charge on any atom is -0.237 e. The standard InChI is InChI=1S/C9H9FN4O2S/c10-17(15,16)4-3-8-1-2-9(12-5-8)14-7-11-6-13-14/h1-2,5-7H,3-4H2. The van der Waals surface area contributed by atoms with Crippen LogP contribution in [0.4, 0.5) is 3.89 Å². The molecule has 0 N–H and O–H groups in total. The Kier molecular flexibility index (Phi) is 3.14. The molecule has 2 rings (SSSR count). The third-order valence-electron chi connectivity index (χ3n) is 2.10. The number of rotatable bonds is 4. The van der Waals surface area contributed by atoms with E-state index in [9.17, 15) is 12.3 Å². The number of hydrogen-bond donors (Lipinski definition) is 0. The number of hydrogen-bond acceptors (Lipinski definition) is 5. The van der Waals surface area contributed by atoms with E-state index in [0.717, 1.165) is 0 Å². The predicted octanol–water partition coefficient (Wildman–Crippen LogP) is 0.504. The molecule has 90 valence electrons. The molecule has 6 nitrogen and oxygen atoms in total. The number of pyridine rings is 1. The minimum absolute atomic E-state index is 0.101. The maximum Gasteiger partial charge on any atom is 0.302 e. The topological polar surface area (TPSA) is 77.7 Å². The molecular formula is C9H9FN4O2S. The third kappa shape index (κ3) is 3.31. The Morgan fingerprint density at radius 3 is 2.71 bits per heavy atom. The van der Waals surface area contributed by atoms with E-state index in [1.54, 1.807) is 12.1 Å². The number of nitrogens with zero attached hydrogens (tertiary/aromatic N) is 4. The van der Waals surface area contributed by atoms with Gasteiger partial charge in [0, 0.05) is 6.20 Å². The Morgan fingerprint density at radius 2 is 2.18 bits per heavy atom. The van der Waals surface area contributed by atoms with Crippen molar-refractivity contribution in [3.63, 3.8) is 0 Å². The van der Waals surface area contributed by atoms with Crippen LogP contribution in [-0.2, 0) is 16.6 Å². The van der Waals surface area contributed by atoms with Gasteiger partial charge in [0.05, 0.1) is 5.75 Å². The Hall–Kier alpha value is -1.83. The summed E-state index contributed by atoms with van der Waals surface area (Å²) in [7, 11) is -4.43. The number of halogens is 1. The second kappa shape index (κ2) is 4.58. The lowest BCUT2D eigenvalue weighted by Crippen LogP contribution is -2.03. The summed E-state index contributed by atoms with van der Waals surface area (Å²) in [5.74, 6) is 0.0338. The van der Waals surface area contributed by atoms with Crippen molar-refractivity contribution >= 4 is 10.2 Å². The summed E-state index contributed by atoms with van der Waals surface area (Å²) < 4.78 is 34.5. The van der Waals surface area contributed by atoms with Gasteiger partial charge in [-0.1, -0.05) is 6.07 Å². The van der Waals surface area contributed by atoms with Gasteiger partial charge >= 0.3 is 10.2 Å². The van der Waals surface area contributed by atoms with E-state index < -0.39 is 16.0 Å². The van der Waals surface area contributed by atoms with Gasteiger partial charge in [-0.2, -0.15) is 13.5 Å². The monoisotopic (exact) mass is 256 g/mol. The van der Waals surface area contributed by atoms with Crippen LogP contribution >= 0.6 is 0 Å². The fraction of sp³-hybridized carbons (Fsp3) is 0.222. The molecule has 0 aliphatic carbocycles. The third-order valence-corrected chi connectivity index (χ3v) is 2.79. The highest BCUT2D eigenvalue weighted by atomic mass is 32.3. The van der Waals surface area contributed by atoms with Crippen LogP contribution < -0.4 is 0 Å². The van der Waals surface area contributed by atoms with Gasteiger partial charge in [0.2, 0.25) is 0 Å². The highest BCUT2D eigenvalue weighted by Gasteiger charge is 2.07. The molecule has 0 bridgehead atoms. The van der Waals surface area contributed by atoms with Gasteiger partial charge in [-0.25, -0.2) is 14.6 Å². The number of aromatic nitrogens is 4. The van der Waals surface area contributed by atoms with Crippen LogP contribution in [0.3, 0.4) is 0 Å². The van der Waals surface area contributed by atoms with Gasteiger partial charge in [0.1, 0.15) is 12.7 Å². The zero-order valence-electron chi connectivity index (χ0n) is 8.69. The molecule has 17 heavy (non-hydrogen) atoms. The molecule has 2 heterocycles. The van der Waals surface area contributed by atoms with Crippen molar-refractivity contribution in [3.05, 3.63) is 36.5 Å². The van der Waals surface area contributed by atoms with Crippen LogP contribution in [0, 0.1) is 0 Å². The van der Waals surface area contributed by atoms with Crippen LogP contribution in [0.2, 0.25) is 0 Å². The predicted molar refractivity (Wildman–Crippen MR) is 57.8 cm³/mol. The summed E-state index contributed by atoms with van der Waals surface area (Å²) in [6.45, 7) is 0. The largest absolute Gasteiger partial charge is 0.302 e. The van der Waals surface area contributed by atoms with E-state index in [4.69, 9.17) is 0 Å². The minimum atomic E-state index is -4.43. The molecule has 0 saturated carbocycles. The molecule has 2 aromatic rings. The highest BCUT2D eigenvalue weighted by molar-refractivity contribution is 7.86. The van der Waals surface area contributed by atoms with Gasteiger partial charge in [0.15, 0.2) is 5.82 Å². The lowest BCUT2D eigenvalue weighted by atomic mass is 10.2. The summed E-state index contributed by atoms with van der Waals surface area (Å²) in [5.41, 5.74) is 0.648. The maximum absolute atomic E-state index is 12.3. The SMILES string of the molecule is O=S(=O)(F)CCc1ccc(-n2cncn2)nc1. The van der Waals surface area contributed by atoms with Crippen LogP contribution in [0.5, 0.6) is 0 Å². The molecule has 0 aromatic carbocycles. The highest BCUT2D eigenvalue weighted by Crippen LogP contribution is 2.06. The molecule has 0 unspecified atom stereocenters. The first-order valence-electron chi connectivity index (χ1n) is 4.77. The van der Waals surface area contributed by atoms with Crippen LogP contribution in [0.1, 0.15) is 5.56 Å². The first kappa shape index (κ1) is 11.6. The van der Waals surface area contributed by atoms with Crippen molar-refractivity contribution < 1.29 is 12.3 Å². The second-order valence-electron chi connectivity index (χ2n) is 3.36. The molecule has 0 atom stereocenters. The first-order valence-corrected chi connectivity index (χ1v) is 6.32. The average Bonchev–Trinajstić information content (AvgIpc) is 2.79. The molecule has 0 amide bonds. The normalized spacial score (nSPS) is 11.6. The van der Waals surface area contributed by atoms with E-state index in [0.29, 0.717) is 11.4 Å². The Balaban J connectivity index is 2.09. The van der Waals surface area contributed by atoms with Crippen molar-refractivity contribution in [2.24, 2.45) is 0 Å².